The number of anilines is 1. The molecule has 9 heteroatoms. The Labute approximate surface area is 149 Å². The zero-order valence-electron chi connectivity index (χ0n) is 13.9. The summed E-state index contributed by atoms with van der Waals surface area (Å²) in [6.45, 7) is 3.71. The number of hydrogen-bond acceptors (Lipinski definition) is 6. The van der Waals surface area contributed by atoms with E-state index in [2.05, 4.69) is 15.1 Å². The van der Waals surface area contributed by atoms with Crippen molar-refractivity contribution in [1.82, 2.24) is 19.7 Å². The fourth-order valence-electron chi connectivity index (χ4n) is 2.59. The van der Waals surface area contributed by atoms with Gasteiger partial charge in [-0.15, -0.1) is 0 Å². The number of hydrogen-bond donors (Lipinski definition) is 1. The molecule has 0 fully saturated rings. The third-order valence-corrected chi connectivity index (χ3v) is 5.19. The van der Waals surface area contributed by atoms with Gasteiger partial charge in [0.1, 0.15) is 11.5 Å². The van der Waals surface area contributed by atoms with Gasteiger partial charge in [0.25, 0.3) is 9.05 Å². The summed E-state index contributed by atoms with van der Waals surface area (Å²) in [4.78, 5) is 8.81. The lowest BCUT2D eigenvalue weighted by molar-refractivity contribution is 0.609. The van der Waals surface area contributed by atoms with Crippen molar-refractivity contribution in [3.63, 3.8) is 0 Å². The number of benzene rings is 1. The molecule has 130 valence electrons. The molecule has 0 bridgehead atoms. The highest BCUT2D eigenvalue weighted by molar-refractivity contribution is 8.13. The smallest absolute Gasteiger partial charge is 0.261 e. The molecule has 2 aromatic heterocycles. The van der Waals surface area contributed by atoms with Gasteiger partial charge in [-0.3, -0.25) is 4.68 Å². The van der Waals surface area contributed by atoms with E-state index < -0.39 is 9.05 Å². The minimum Gasteiger partial charge on any atom is -0.382 e. The summed E-state index contributed by atoms with van der Waals surface area (Å²) in [5.74, 6) is 0.277. The van der Waals surface area contributed by atoms with E-state index in [0.717, 1.165) is 16.8 Å². The van der Waals surface area contributed by atoms with E-state index in [0.29, 0.717) is 17.0 Å². The SMILES string of the molecule is Cc1ccc(S(=O)(=O)Cl)cc1-c1cnc(N)c(-c2cn(C)nc2C)n1. The lowest BCUT2D eigenvalue weighted by Crippen LogP contribution is -2.00. The summed E-state index contributed by atoms with van der Waals surface area (Å²) in [7, 11) is 3.42. The highest BCUT2D eigenvalue weighted by Crippen LogP contribution is 2.30. The minimum absolute atomic E-state index is 0.00694. The Kier molecular flexibility index (Phi) is 4.26. The van der Waals surface area contributed by atoms with Gasteiger partial charge in [0.15, 0.2) is 0 Å². The van der Waals surface area contributed by atoms with Crippen molar-refractivity contribution in [3.8, 4) is 22.5 Å². The van der Waals surface area contributed by atoms with Crippen molar-refractivity contribution in [2.75, 3.05) is 5.73 Å². The van der Waals surface area contributed by atoms with Crippen LogP contribution in [0.4, 0.5) is 5.82 Å². The number of halogens is 1. The zero-order chi connectivity index (χ0) is 18.4. The predicted molar refractivity (Wildman–Crippen MR) is 96.6 cm³/mol. The van der Waals surface area contributed by atoms with E-state index in [4.69, 9.17) is 16.4 Å². The molecule has 0 atom stereocenters. The van der Waals surface area contributed by atoms with Crippen LogP contribution in [0.15, 0.2) is 35.5 Å². The van der Waals surface area contributed by atoms with E-state index in [1.807, 2.05) is 27.1 Å². The zero-order valence-corrected chi connectivity index (χ0v) is 15.4. The maximum absolute atomic E-state index is 11.6. The second-order valence-electron chi connectivity index (χ2n) is 5.71. The molecule has 3 aromatic rings. The first kappa shape index (κ1) is 17.4. The van der Waals surface area contributed by atoms with Crippen molar-refractivity contribution < 1.29 is 8.42 Å². The van der Waals surface area contributed by atoms with Gasteiger partial charge in [-0.05, 0) is 31.5 Å². The Balaban J connectivity index is 2.20. The van der Waals surface area contributed by atoms with Gasteiger partial charge in [0.05, 0.1) is 22.5 Å². The minimum atomic E-state index is -3.84. The molecule has 0 spiro atoms. The molecule has 0 saturated carbocycles. The molecule has 0 unspecified atom stereocenters. The van der Waals surface area contributed by atoms with E-state index in [1.165, 1.54) is 18.3 Å². The van der Waals surface area contributed by atoms with Gasteiger partial charge in [-0.2, -0.15) is 5.10 Å². The van der Waals surface area contributed by atoms with E-state index in [9.17, 15) is 8.42 Å². The van der Waals surface area contributed by atoms with Crippen LogP contribution in [-0.4, -0.2) is 28.2 Å². The molecule has 0 amide bonds. The van der Waals surface area contributed by atoms with Crippen LogP contribution in [0.1, 0.15) is 11.3 Å². The van der Waals surface area contributed by atoms with E-state index in [-0.39, 0.29) is 10.7 Å². The van der Waals surface area contributed by atoms with Crippen LogP contribution in [0.25, 0.3) is 22.5 Å². The van der Waals surface area contributed by atoms with Crippen LogP contribution in [0.3, 0.4) is 0 Å². The third-order valence-electron chi connectivity index (χ3n) is 3.84. The fraction of sp³-hybridized carbons (Fsp3) is 0.188. The first-order chi connectivity index (χ1) is 11.7. The monoisotopic (exact) mass is 377 g/mol. The molecule has 3 rings (SSSR count). The summed E-state index contributed by atoms with van der Waals surface area (Å²) in [6.07, 6.45) is 3.32. The first-order valence-electron chi connectivity index (χ1n) is 7.35. The van der Waals surface area contributed by atoms with Gasteiger partial charge in [0.2, 0.25) is 0 Å². The molecule has 0 aliphatic rings. The Hall–Kier alpha value is -2.45. The molecule has 25 heavy (non-hydrogen) atoms. The molecular formula is C16H16ClN5O2S. The Morgan fingerprint density at radius 3 is 2.52 bits per heavy atom. The average Bonchev–Trinajstić information content (AvgIpc) is 2.86. The Morgan fingerprint density at radius 2 is 1.92 bits per heavy atom. The number of rotatable bonds is 3. The van der Waals surface area contributed by atoms with E-state index in [1.54, 1.807) is 10.7 Å². The maximum Gasteiger partial charge on any atom is 0.261 e. The van der Waals surface area contributed by atoms with Crippen LogP contribution < -0.4 is 5.73 Å². The Morgan fingerprint density at radius 1 is 1.20 bits per heavy atom. The largest absolute Gasteiger partial charge is 0.382 e. The summed E-state index contributed by atoms with van der Waals surface area (Å²) in [6, 6.07) is 4.62. The molecule has 1 aromatic carbocycles. The van der Waals surface area contributed by atoms with Gasteiger partial charge in [-0.25, -0.2) is 18.4 Å². The molecule has 7 nitrogen and oxygen atoms in total. The van der Waals surface area contributed by atoms with Gasteiger partial charge in [0, 0.05) is 35.1 Å². The molecule has 0 radical (unpaired) electrons. The van der Waals surface area contributed by atoms with Crippen molar-refractivity contribution >= 4 is 25.6 Å². The normalized spacial score (nSPS) is 11.7. The third kappa shape index (κ3) is 3.35. The van der Waals surface area contributed by atoms with E-state index >= 15 is 0 Å². The Bertz CT molecular complexity index is 1080. The summed E-state index contributed by atoms with van der Waals surface area (Å²) >= 11 is 0. The highest BCUT2D eigenvalue weighted by atomic mass is 35.7. The number of nitrogens with zero attached hydrogens (tertiary/aromatic N) is 4. The van der Waals surface area contributed by atoms with Crippen molar-refractivity contribution in [2.45, 2.75) is 18.7 Å². The van der Waals surface area contributed by atoms with Gasteiger partial charge >= 0.3 is 0 Å². The molecule has 2 N–H and O–H groups in total. The summed E-state index contributed by atoms with van der Waals surface area (Å²) < 4.78 is 24.9. The molecule has 0 aliphatic carbocycles. The lowest BCUT2D eigenvalue weighted by Gasteiger charge is -2.10. The second-order valence-corrected chi connectivity index (χ2v) is 8.27. The average molecular weight is 378 g/mol. The van der Waals surface area contributed by atoms with Crippen molar-refractivity contribution in [2.24, 2.45) is 7.05 Å². The maximum atomic E-state index is 11.6. The molecular weight excluding hydrogens is 362 g/mol. The number of nitrogen functional groups attached to an aromatic ring is 1. The van der Waals surface area contributed by atoms with Crippen LogP contribution >= 0.6 is 10.7 Å². The molecule has 0 saturated heterocycles. The fourth-order valence-corrected chi connectivity index (χ4v) is 3.36. The lowest BCUT2D eigenvalue weighted by atomic mass is 10.1. The number of aryl methyl sites for hydroxylation is 3. The van der Waals surface area contributed by atoms with Crippen LogP contribution in [0.5, 0.6) is 0 Å². The van der Waals surface area contributed by atoms with Crippen LogP contribution in [0.2, 0.25) is 0 Å². The number of aromatic nitrogens is 4. The second kappa shape index (κ2) is 6.12. The topological polar surface area (TPSA) is 104 Å². The van der Waals surface area contributed by atoms with Crippen LogP contribution in [-0.2, 0) is 16.1 Å². The van der Waals surface area contributed by atoms with Gasteiger partial charge < -0.3 is 5.73 Å². The molecule has 2 heterocycles. The van der Waals surface area contributed by atoms with Crippen LogP contribution in [0, 0.1) is 13.8 Å². The van der Waals surface area contributed by atoms with Crippen molar-refractivity contribution in [3.05, 3.63) is 41.9 Å². The first-order valence-corrected chi connectivity index (χ1v) is 9.66. The summed E-state index contributed by atoms with van der Waals surface area (Å²) in [5.41, 5.74) is 10.0. The highest BCUT2D eigenvalue weighted by Gasteiger charge is 2.17. The number of nitrogens with two attached hydrogens (primary N) is 1. The summed E-state index contributed by atoms with van der Waals surface area (Å²) in [5, 5.41) is 4.29. The quantitative estimate of drug-likeness (QED) is 0.703. The van der Waals surface area contributed by atoms with Crippen molar-refractivity contribution in [1.29, 1.82) is 0 Å². The standard InChI is InChI=1S/C16H16ClN5O2S/c1-9-4-5-11(25(17,23)24)6-12(9)14-7-19-16(18)15(20-14)13-8-22(3)21-10(13)2/h4-8H,1-3H3,(H2,18,19). The predicted octanol–water partition coefficient (Wildman–Crippen LogP) is 2.67. The molecule has 0 aliphatic heterocycles. The van der Waals surface area contributed by atoms with Gasteiger partial charge in [-0.1, -0.05) is 6.07 Å².